The van der Waals surface area contributed by atoms with E-state index in [2.05, 4.69) is 38.0 Å². The molecule has 0 rings (SSSR count). The molecule has 0 bridgehead atoms. The van der Waals surface area contributed by atoms with E-state index in [0.717, 1.165) is 13.1 Å². The Labute approximate surface area is 161 Å². The highest BCUT2D eigenvalue weighted by Crippen LogP contribution is 2.25. The van der Waals surface area contributed by atoms with E-state index in [-0.39, 0.29) is 0 Å². The van der Waals surface area contributed by atoms with Gasteiger partial charge in [-0.1, -0.05) is 33.7 Å². The van der Waals surface area contributed by atoms with E-state index in [9.17, 15) is 10.2 Å². The van der Waals surface area contributed by atoms with Crippen LogP contribution in [0, 0.1) is 0 Å². The number of nitrogens with zero attached hydrogens (tertiary/aromatic N) is 2. The normalized spacial score (nSPS) is 14.5. The van der Waals surface area contributed by atoms with Crippen LogP contribution in [0.1, 0.15) is 12.8 Å². The van der Waals surface area contributed by atoms with Crippen LogP contribution in [-0.4, -0.2) is 103 Å². The van der Waals surface area contributed by atoms with Crippen LogP contribution < -0.4 is 0 Å². The molecule has 24 heavy (non-hydrogen) atoms. The average molecular weight is 413 g/mol. The van der Waals surface area contributed by atoms with Crippen molar-refractivity contribution in [2.24, 2.45) is 0 Å². The molecule has 0 aliphatic carbocycles. The Morgan fingerprint density at radius 1 is 0.667 bits per heavy atom. The molecule has 0 aliphatic rings. The highest BCUT2D eigenvalue weighted by atomic mass is 33.1. The zero-order valence-corrected chi connectivity index (χ0v) is 20.2. The molecule has 146 valence electrons. The van der Waals surface area contributed by atoms with Gasteiger partial charge in [-0.2, -0.15) is 0 Å². The first-order valence-electron chi connectivity index (χ1n) is 9.25. The predicted molar refractivity (Wildman–Crippen MR) is 119 cm³/mol. The first kappa shape index (κ1) is 25.0. The third-order valence-electron chi connectivity index (χ3n) is 4.25. The smallest absolute Gasteiger partial charge is 0.0686 e. The number of aliphatic hydroxyl groups excluding tert-OH is 2. The molecule has 2 N–H and O–H groups in total. The van der Waals surface area contributed by atoms with E-state index in [4.69, 9.17) is 0 Å². The van der Waals surface area contributed by atoms with Gasteiger partial charge in [0.1, 0.15) is 0 Å². The Hall–Kier alpha value is 0.974. The first-order chi connectivity index (χ1) is 11.5. The summed E-state index contributed by atoms with van der Waals surface area (Å²) in [6, 6.07) is 5.03. The molecule has 2 unspecified atom stereocenters. The summed E-state index contributed by atoms with van der Waals surface area (Å²) in [7, 11) is 10.6. The van der Waals surface area contributed by atoms with Gasteiger partial charge in [-0.25, -0.2) is 0 Å². The summed E-state index contributed by atoms with van der Waals surface area (Å²) < 4.78 is 0. The lowest BCUT2D eigenvalue weighted by molar-refractivity contribution is 0.357. The van der Waals surface area contributed by atoms with Crippen molar-refractivity contribution < 1.29 is 10.2 Å². The van der Waals surface area contributed by atoms with Gasteiger partial charge in [0.05, 0.1) is 17.6 Å². The molecule has 0 aromatic heterocycles. The Bertz CT molecular complexity index is 252. The third kappa shape index (κ3) is 16.4. The van der Waals surface area contributed by atoms with Crippen molar-refractivity contribution in [2.45, 2.75) is 37.0 Å². The lowest BCUT2D eigenvalue weighted by atomic mass is 10.6. The molecular weight excluding hydrogens is 372 g/mol. The maximum Gasteiger partial charge on any atom is 0.0686 e. The van der Waals surface area contributed by atoms with Gasteiger partial charge in [0, 0.05) is 24.0 Å². The standard InChI is InChI=1S/C16H40N2O2S2Si2/c1-17(2)7-13-23(15-19)11-5-9-21-22-10-6-12-24(16-20)14-8-18(3)4/h19-20,23-24H,5-16H2,1-4H3. The molecule has 4 nitrogen and oxygen atoms in total. The quantitative estimate of drug-likeness (QED) is 0.216. The van der Waals surface area contributed by atoms with Gasteiger partial charge in [0.25, 0.3) is 0 Å². The van der Waals surface area contributed by atoms with Crippen LogP contribution in [0.5, 0.6) is 0 Å². The van der Waals surface area contributed by atoms with Gasteiger partial charge in [0.15, 0.2) is 0 Å². The lowest BCUT2D eigenvalue weighted by Crippen LogP contribution is -2.25. The molecule has 0 aliphatic heterocycles. The van der Waals surface area contributed by atoms with E-state index in [1.807, 2.05) is 21.6 Å². The molecule has 0 saturated carbocycles. The second-order valence-electron chi connectivity index (χ2n) is 7.21. The Morgan fingerprint density at radius 3 is 1.33 bits per heavy atom. The molecule has 0 aromatic rings. The predicted octanol–water partition coefficient (Wildman–Crippen LogP) is 1.79. The van der Waals surface area contributed by atoms with Gasteiger partial charge in [0.2, 0.25) is 0 Å². The van der Waals surface area contributed by atoms with Crippen molar-refractivity contribution >= 4 is 39.2 Å². The molecule has 0 aromatic carbocycles. The molecule has 0 saturated heterocycles. The summed E-state index contributed by atoms with van der Waals surface area (Å²) in [5.74, 6) is 2.44. The van der Waals surface area contributed by atoms with Crippen LogP contribution in [0.15, 0.2) is 0 Å². The monoisotopic (exact) mass is 412 g/mol. The number of rotatable bonds is 17. The van der Waals surface area contributed by atoms with E-state index < -0.39 is 17.6 Å². The third-order valence-corrected chi connectivity index (χ3v) is 12.5. The molecule has 0 heterocycles. The second kappa shape index (κ2) is 17.4. The maximum atomic E-state index is 9.48. The molecule has 8 heteroatoms. The van der Waals surface area contributed by atoms with Gasteiger partial charge in [-0.3, -0.25) is 0 Å². The SMILES string of the molecule is CN(C)CC[SiH](CO)CCCSSCCC[SiH](CO)CCN(C)C. The topological polar surface area (TPSA) is 46.9 Å². The Balaban J connectivity index is 3.48. The molecule has 0 fully saturated rings. The summed E-state index contributed by atoms with van der Waals surface area (Å²) in [5.41, 5.74) is 0. The first-order valence-corrected chi connectivity index (χ1v) is 16.6. The Kier molecular flexibility index (Phi) is 18.1. The minimum Gasteiger partial charge on any atom is -0.400 e. The molecule has 0 spiro atoms. The minimum absolute atomic E-state index is 0.464. The van der Waals surface area contributed by atoms with Crippen LogP contribution in [0.3, 0.4) is 0 Å². The molecule has 0 amide bonds. The molecular formula is C16H40N2O2S2Si2. The lowest BCUT2D eigenvalue weighted by Gasteiger charge is -2.16. The van der Waals surface area contributed by atoms with Crippen molar-refractivity contribution in [3.8, 4) is 0 Å². The van der Waals surface area contributed by atoms with Gasteiger partial charge < -0.3 is 20.0 Å². The van der Waals surface area contributed by atoms with Crippen LogP contribution in [0.2, 0.25) is 24.2 Å². The summed E-state index contributed by atoms with van der Waals surface area (Å²) in [6.45, 7) is 2.26. The highest BCUT2D eigenvalue weighted by molar-refractivity contribution is 8.76. The van der Waals surface area contributed by atoms with E-state index in [0.29, 0.717) is 12.5 Å². The highest BCUT2D eigenvalue weighted by Gasteiger charge is 2.11. The summed E-state index contributed by atoms with van der Waals surface area (Å²) in [6.07, 6.45) is 3.45. The van der Waals surface area contributed by atoms with Gasteiger partial charge >= 0.3 is 0 Å². The van der Waals surface area contributed by atoms with Crippen molar-refractivity contribution in [1.29, 1.82) is 0 Å². The number of hydrogen-bond donors (Lipinski definition) is 2. The summed E-state index contributed by atoms with van der Waals surface area (Å²) >= 11 is 0. The molecule has 2 atom stereocenters. The van der Waals surface area contributed by atoms with Crippen molar-refractivity contribution in [3.05, 3.63) is 0 Å². The maximum absolute atomic E-state index is 9.48. The van der Waals surface area contributed by atoms with Crippen molar-refractivity contribution in [1.82, 2.24) is 9.80 Å². The van der Waals surface area contributed by atoms with Crippen molar-refractivity contribution in [2.75, 3.05) is 65.2 Å². The Morgan fingerprint density at radius 2 is 1.04 bits per heavy atom. The summed E-state index contributed by atoms with van der Waals surface area (Å²) in [5, 5.41) is 19.0. The van der Waals surface area contributed by atoms with Gasteiger partial charge in [-0.05, 0) is 66.2 Å². The van der Waals surface area contributed by atoms with Crippen LogP contribution in [0.4, 0.5) is 0 Å². The van der Waals surface area contributed by atoms with E-state index >= 15 is 0 Å². The number of hydrogen-bond acceptors (Lipinski definition) is 6. The van der Waals surface area contributed by atoms with Crippen LogP contribution >= 0.6 is 21.6 Å². The van der Waals surface area contributed by atoms with Crippen LogP contribution in [0.25, 0.3) is 0 Å². The van der Waals surface area contributed by atoms with E-state index in [1.54, 1.807) is 0 Å². The fourth-order valence-corrected chi connectivity index (χ4v) is 9.96. The summed E-state index contributed by atoms with van der Waals surface area (Å²) in [4.78, 5) is 4.45. The number of aliphatic hydroxyl groups is 2. The van der Waals surface area contributed by atoms with Gasteiger partial charge in [-0.15, -0.1) is 0 Å². The van der Waals surface area contributed by atoms with Crippen LogP contribution in [-0.2, 0) is 0 Å². The fourth-order valence-electron chi connectivity index (χ4n) is 2.52. The zero-order chi connectivity index (χ0) is 18.2. The largest absolute Gasteiger partial charge is 0.400 e. The minimum atomic E-state index is -0.903. The second-order valence-corrected chi connectivity index (χ2v) is 16.4. The average Bonchev–Trinajstić information content (AvgIpc) is 2.55. The van der Waals surface area contributed by atoms with E-state index in [1.165, 1.54) is 48.5 Å². The molecule has 0 radical (unpaired) electrons. The zero-order valence-electron chi connectivity index (χ0n) is 16.2. The van der Waals surface area contributed by atoms with Crippen molar-refractivity contribution in [3.63, 3.8) is 0 Å². The fraction of sp³-hybridized carbons (Fsp3) is 1.00.